The van der Waals surface area contributed by atoms with Crippen LogP contribution in [0.25, 0.3) is 16.7 Å². The Balaban J connectivity index is 1.56. The standard InChI is InChI=1S/C21H25N5O2/c1-14-5-4-6-25(11-14)19(27)12-28-21-18-10-24-26(20(18)22-13-23-21)17-8-15(2)7-16(3)9-17/h7-10,13-14H,4-6,11-12H2,1-3H3. The van der Waals surface area contributed by atoms with Gasteiger partial charge in [0, 0.05) is 13.1 Å². The minimum Gasteiger partial charge on any atom is -0.467 e. The van der Waals surface area contributed by atoms with Crippen LogP contribution in [0, 0.1) is 19.8 Å². The summed E-state index contributed by atoms with van der Waals surface area (Å²) in [6.07, 6.45) is 5.36. The molecule has 1 unspecified atom stereocenters. The molecule has 28 heavy (non-hydrogen) atoms. The van der Waals surface area contributed by atoms with E-state index in [9.17, 15) is 4.79 Å². The summed E-state index contributed by atoms with van der Waals surface area (Å²) in [5.74, 6) is 0.929. The molecule has 1 atom stereocenters. The second-order valence-corrected chi connectivity index (χ2v) is 7.69. The Bertz CT molecular complexity index is 993. The van der Waals surface area contributed by atoms with Gasteiger partial charge in [-0.25, -0.2) is 14.6 Å². The Hall–Kier alpha value is -2.96. The van der Waals surface area contributed by atoms with Gasteiger partial charge >= 0.3 is 0 Å². The van der Waals surface area contributed by atoms with Gasteiger partial charge in [0.2, 0.25) is 5.88 Å². The van der Waals surface area contributed by atoms with E-state index in [2.05, 4.69) is 54.0 Å². The lowest BCUT2D eigenvalue weighted by molar-refractivity contribution is -0.135. The van der Waals surface area contributed by atoms with Crippen LogP contribution in [0.15, 0.2) is 30.7 Å². The van der Waals surface area contributed by atoms with Gasteiger partial charge < -0.3 is 9.64 Å². The molecule has 1 aromatic carbocycles. The lowest BCUT2D eigenvalue weighted by Gasteiger charge is -2.30. The fraction of sp³-hybridized carbons (Fsp3) is 0.429. The molecule has 7 nitrogen and oxygen atoms in total. The molecule has 0 spiro atoms. The van der Waals surface area contributed by atoms with Gasteiger partial charge in [-0.05, 0) is 55.9 Å². The molecule has 3 aromatic rings. The van der Waals surface area contributed by atoms with Gasteiger partial charge in [0.05, 0.1) is 11.9 Å². The quantitative estimate of drug-likeness (QED) is 0.697. The van der Waals surface area contributed by atoms with Crippen LogP contribution < -0.4 is 4.74 Å². The zero-order chi connectivity index (χ0) is 19.7. The Morgan fingerprint density at radius 2 is 2.00 bits per heavy atom. The number of fused-ring (bicyclic) bond motifs is 1. The van der Waals surface area contributed by atoms with Crippen molar-refractivity contribution >= 4 is 16.9 Å². The van der Waals surface area contributed by atoms with Crippen LogP contribution in [0.5, 0.6) is 5.88 Å². The van der Waals surface area contributed by atoms with Gasteiger partial charge in [-0.15, -0.1) is 0 Å². The van der Waals surface area contributed by atoms with E-state index in [-0.39, 0.29) is 12.5 Å². The predicted molar refractivity (Wildman–Crippen MR) is 107 cm³/mol. The number of nitrogens with zero attached hydrogens (tertiary/aromatic N) is 5. The number of aryl methyl sites for hydroxylation is 2. The maximum atomic E-state index is 12.5. The minimum absolute atomic E-state index is 0.0000121. The second-order valence-electron chi connectivity index (χ2n) is 7.69. The largest absolute Gasteiger partial charge is 0.467 e. The normalized spacial score (nSPS) is 17.1. The van der Waals surface area contributed by atoms with E-state index in [1.807, 2.05) is 4.90 Å². The summed E-state index contributed by atoms with van der Waals surface area (Å²) in [5, 5.41) is 5.17. The van der Waals surface area contributed by atoms with Gasteiger partial charge in [-0.2, -0.15) is 5.10 Å². The monoisotopic (exact) mass is 379 g/mol. The summed E-state index contributed by atoms with van der Waals surface area (Å²) in [6, 6.07) is 6.23. The molecule has 146 valence electrons. The van der Waals surface area contributed by atoms with Gasteiger partial charge in [0.15, 0.2) is 12.3 Å². The van der Waals surface area contributed by atoms with Crippen molar-refractivity contribution in [1.29, 1.82) is 0 Å². The molecule has 4 rings (SSSR count). The summed E-state index contributed by atoms with van der Waals surface area (Å²) >= 11 is 0. The molecule has 0 N–H and O–H groups in total. The number of hydrogen-bond acceptors (Lipinski definition) is 5. The molecule has 1 saturated heterocycles. The Kier molecular flexibility index (Phi) is 4.98. The van der Waals surface area contributed by atoms with Gasteiger partial charge in [0.1, 0.15) is 11.7 Å². The molecule has 7 heteroatoms. The van der Waals surface area contributed by atoms with Crippen LogP contribution in [-0.2, 0) is 4.79 Å². The van der Waals surface area contributed by atoms with Crippen molar-refractivity contribution in [3.05, 3.63) is 41.9 Å². The zero-order valence-electron chi connectivity index (χ0n) is 16.6. The summed E-state index contributed by atoms with van der Waals surface area (Å²) in [5.41, 5.74) is 3.92. The molecule has 3 heterocycles. The van der Waals surface area contributed by atoms with E-state index < -0.39 is 0 Å². The SMILES string of the molecule is Cc1cc(C)cc(-n2ncc3c(OCC(=O)N4CCCC(C)C4)ncnc32)c1. The summed E-state index contributed by atoms with van der Waals surface area (Å²) in [7, 11) is 0. The number of aromatic nitrogens is 4. The van der Waals surface area contributed by atoms with E-state index >= 15 is 0 Å². The lowest BCUT2D eigenvalue weighted by atomic mass is 10.0. The Morgan fingerprint density at radius 1 is 1.21 bits per heavy atom. The summed E-state index contributed by atoms with van der Waals surface area (Å²) in [6.45, 7) is 7.86. The zero-order valence-corrected chi connectivity index (χ0v) is 16.6. The minimum atomic E-state index is -0.0203. The topological polar surface area (TPSA) is 73.1 Å². The number of carbonyl (C=O) groups is 1. The molecular formula is C21H25N5O2. The lowest BCUT2D eigenvalue weighted by Crippen LogP contribution is -2.41. The first-order valence-electron chi connectivity index (χ1n) is 9.69. The molecule has 0 radical (unpaired) electrons. The van der Waals surface area contributed by atoms with Crippen LogP contribution in [0.1, 0.15) is 30.9 Å². The third-order valence-electron chi connectivity index (χ3n) is 5.12. The molecule has 1 fully saturated rings. The molecule has 0 bridgehead atoms. The van der Waals surface area contributed by atoms with E-state index in [4.69, 9.17) is 4.74 Å². The number of amides is 1. The van der Waals surface area contributed by atoms with E-state index in [0.29, 0.717) is 22.8 Å². The van der Waals surface area contributed by atoms with Crippen LogP contribution in [0.2, 0.25) is 0 Å². The van der Waals surface area contributed by atoms with E-state index in [1.165, 1.54) is 12.7 Å². The van der Waals surface area contributed by atoms with Gasteiger partial charge in [-0.1, -0.05) is 13.0 Å². The van der Waals surface area contributed by atoms with Crippen molar-refractivity contribution in [2.45, 2.75) is 33.6 Å². The van der Waals surface area contributed by atoms with E-state index in [1.54, 1.807) is 10.9 Å². The Morgan fingerprint density at radius 3 is 2.75 bits per heavy atom. The van der Waals surface area contributed by atoms with Crippen LogP contribution in [-0.4, -0.2) is 50.3 Å². The molecular weight excluding hydrogens is 354 g/mol. The average molecular weight is 379 g/mol. The van der Waals surface area contributed by atoms with Crippen LogP contribution in [0.3, 0.4) is 0 Å². The number of likely N-dealkylation sites (tertiary alicyclic amines) is 1. The smallest absolute Gasteiger partial charge is 0.260 e. The summed E-state index contributed by atoms with van der Waals surface area (Å²) in [4.78, 5) is 23.0. The van der Waals surface area contributed by atoms with Crippen LogP contribution in [0.4, 0.5) is 0 Å². The maximum absolute atomic E-state index is 12.5. The molecule has 0 saturated carbocycles. The number of carbonyl (C=O) groups excluding carboxylic acids is 1. The van der Waals surface area contributed by atoms with Crippen molar-refractivity contribution in [2.24, 2.45) is 5.92 Å². The first-order chi connectivity index (χ1) is 13.5. The van der Waals surface area contributed by atoms with Crippen molar-refractivity contribution in [1.82, 2.24) is 24.6 Å². The van der Waals surface area contributed by atoms with Crippen molar-refractivity contribution in [3.63, 3.8) is 0 Å². The van der Waals surface area contributed by atoms with Crippen molar-refractivity contribution in [3.8, 4) is 11.6 Å². The first-order valence-corrected chi connectivity index (χ1v) is 9.69. The predicted octanol–water partition coefficient (Wildman–Crippen LogP) is 3.07. The average Bonchev–Trinajstić information content (AvgIpc) is 3.10. The van der Waals surface area contributed by atoms with Crippen molar-refractivity contribution in [2.75, 3.05) is 19.7 Å². The second kappa shape index (κ2) is 7.58. The third kappa shape index (κ3) is 3.69. The fourth-order valence-corrected chi connectivity index (χ4v) is 3.84. The third-order valence-corrected chi connectivity index (χ3v) is 5.12. The highest BCUT2D eigenvalue weighted by molar-refractivity contribution is 5.82. The van der Waals surface area contributed by atoms with Crippen molar-refractivity contribution < 1.29 is 9.53 Å². The van der Waals surface area contributed by atoms with E-state index in [0.717, 1.165) is 36.3 Å². The first kappa shape index (κ1) is 18.4. The highest BCUT2D eigenvalue weighted by Crippen LogP contribution is 2.24. The Labute approximate surface area is 164 Å². The molecule has 2 aromatic heterocycles. The number of piperidine rings is 1. The number of hydrogen-bond donors (Lipinski definition) is 0. The number of rotatable bonds is 4. The number of benzene rings is 1. The molecule has 1 amide bonds. The van der Waals surface area contributed by atoms with Gasteiger partial charge in [0.25, 0.3) is 5.91 Å². The maximum Gasteiger partial charge on any atom is 0.260 e. The van der Waals surface area contributed by atoms with Crippen LogP contribution >= 0.6 is 0 Å². The highest BCUT2D eigenvalue weighted by atomic mass is 16.5. The number of ether oxygens (including phenoxy) is 1. The summed E-state index contributed by atoms with van der Waals surface area (Å²) < 4.78 is 7.55. The molecule has 1 aliphatic rings. The highest BCUT2D eigenvalue weighted by Gasteiger charge is 2.22. The molecule has 1 aliphatic heterocycles. The molecule has 0 aliphatic carbocycles. The fourth-order valence-electron chi connectivity index (χ4n) is 3.84. The van der Waals surface area contributed by atoms with Gasteiger partial charge in [-0.3, -0.25) is 4.79 Å².